The minimum atomic E-state index is 0.424. The topological polar surface area (TPSA) is 0 Å². The molecule has 1 fully saturated rings. The second-order valence-electron chi connectivity index (χ2n) is 4.79. The fraction of sp³-hybridized carbons (Fsp3) is 1.00. The Bertz CT molecular complexity index is 140. The van der Waals surface area contributed by atoms with Gasteiger partial charge in [-0.1, -0.05) is 33.6 Å². The van der Waals surface area contributed by atoms with Crippen molar-refractivity contribution in [1.82, 2.24) is 0 Å². The molecule has 0 spiro atoms. The summed E-state index contributed by atoms with van der Waals surface area (Å²) >= 11 is 6.37. The zero-order valence-electron chi connectivity index (χ0n) is 8.57. The maximum absolute atomic E-state index is 6.37. The molecule has 0 heterocycles. The summed E-state index contributed by atoms with van der Waals surface area (Å²) in [6.45, 7) is 6.96. The maximum atomic E-state index is 6.37. The van der Waals surface area contributed by atoms with Crippen molar-refractivity contribution in [1.29, 1.82) is 0 Å². The molecule has 0 aromatic carbocycles. The summed E-state index contributed by atoms with van der Waals surface area (Å²) in [5.41, 5.74) is 0.502. The lowest BCUT2D eigenvalue weighted by Crippen LogP contribution is -2.25. The zero-order valence-corrected chi connectivity index (χ0v) is 9.32. The van der Waals surface area contributed by atoms with E-state index in [1.165, 1.54) is 32.1 Å². The van der Waals surface area contributed by atoms with Crippen molar-refractivity contribution >= 4 is 11.6 Å². The van der Waals surface area contributed by atoms with E-state index in [2.05, 4.69) is 20.8 Å². The van der Waals surface area contributed by atoms with Gasteiger partial charge in [0.25, 0.3) is 0 Å². The second kappa shape index (κ2) is 4.00. The molecule has 0 radical (unpaired) electrons. The van der Waals surface area contributed by atoms with Gasteiger partial charge in [-0.2, -0.15) is 0 Å². The molecule has 0 amide bonds. The van der Waals surface area contributed by atoms with Crippen molar-refractivity contribution in [3.63, 3.8) is 0 Å². The van der Waals surface area contributed by atoms with Crippen molar-refractivity contribution in [2.24, 2.45) is 11.3 Å². The molecule has 72 valence electrons. The van der Waals surface area contributed by atoms with E-state index >= 15 is 0 Å². The second-order valence-corrected chi connectivity index (χ2v) is 5.35. The average Bonchev–Trinajstić information content (AvgIpc) is 2.30. The monoisotopic (exact) mass is 188 g/mol. The summed E-state index contributed by atoms with van der Waals surface area (Å²) in [5, 5.41) is 0.424. The highest BCUT2D eigenvalue weighted by molar-refractivity contribution is 6.20. The zero-order chi connectivity index (χ0) is 9.19. The summed E-state index contributed by atoms with van der Waals surface area (Å²) < 4.78 is 0. The van der Waals surface area contributed by atoms with Crippen LogP contribution in [0, 0.1) is 11.3 Å². The first kappa shape index (κ1) is 10.4. The van der Waals surface area contributed by atoms with Crippen molar-refractivity contribution in [2.45, 2.75) is 58.3 Å². The van der Waals surface area contributed by atoms with Gasteiger partial charge in [-0.3, -0.25) is 0 Å². The molecule has 0 saturated heterocycles. The Balaban J connectivity index is 2.50. The summed E-state index contributed by atoms with van der Waals surface area (Å²) in [7, 11) is 0. The molecule has 1 heteroatoms. The van der Waals surface area contributed by atoms with Gasteiger partial charge in [-0.15, -0.1) is 11.6 Å². The molecular formula is C11H21Cl. The third-order valence-corrected chi connectivity index (χ3v) is 3.86. The summed E-state index contributed by atoms with van der Waals surface area (Å²) in [5.74, 6) is 0.763. The van der Waals surface area contributed by atoms with E-state index < -0.39 is 0 Å². The van der Waals surface area contributed by atoms with Crippen LogP contribution in [0.15, 0.2) is 0 Å². The van der Waals surface area contributed by atoms with Gasteiger partial charge in [0.05, 0.1) is 0 Å². The summed E-state index contributed by atoms with van der Waals surface area (Å²) in [6, 6.07) is 0. The fourth-order valence-corrected chi connectivity index (χ4v) is 3.19. The highest BCUT2D eigenvalue weighted by Crippen LogP contribution is 2.46. The van der Waals surface area contributed by atoms with Gasteiger partial charge in [0.15, 0.2) is 0 Å². The SMILES string of the molecule is CCCC(Cl)C1CCCC1(C)C. The third kappa shape index (κ3) is 2.16. The molecular weight excluding hydrogens is 168 g/mol. The smallest absolute Gasteiger partial charge is 0.0369 e. The molecule has 0 nitrogen and oxygen atoms in total. The van der Waals surface area contributed by atoms with Crippen LogP contribution >= 0.6 is 11.6 Å². The molecule has 0 aromatic heterocycles. The molecule has 12 heavy (non-hydrogen) atoms. The highest BCUT2D eigenvalue weighted by Gasteiger charge is 2.38. The Kier molecular flexibility index (Phi) is 3.46. The Hall–Kier alpha value is 0.290. The quantitative estimate of drug-likeness (QED) is 0.582. The van der Waals surface area contributed by atoms with E-state index in [1.54, 1.807) is 0 Å². The lowest BCUT2D eigenvalue weighted by atomic mass is 9.79. The maximum Gasteiger partial charge on any atom is 0.0369 e. The highest BCUT2D eigenvalue weighted by atomic mass is 35.5. The molecule has 2 atom stereocenters. The van der Waals surface area contributed by atoms with Gasteiger partial charge >= 0.3 is 0 Å². The standard InChI is InChI=1S/C11H21Cl/c1-4-6-10(12)9-7-5-8-11(9,2)3/h9-10H,4-8H2,1-3H3. The largest absolute Gasteiger partial charge is 0.123 e. The summed E-state index contributed by atoms with van der Waals surface area (Å²) in [6.07, 6.45) is 6.51. The number of rotatable bonds is 3. The van der Waals surface area contributed by atoms with Crippen LogP contribution in [0.3, 0.4) is 0 Å². The minimum Gasteiger partial charge on any atom is -0.123 e. The molecule has 0 bridgehead atoms. The number of hydrogen-bond acceptors (Lipinski definition) is 0. The average molecular weight is 189 g/mol. The van der Waals surface area contributed by atoms with Crippen LogP contribution in [-0.4, -0.2) is 5.38 Å². The number of hydrogen-bond donors (Lipinski definition) is 0. The van der Waals surface area contributed by atoms with Crippen LogP contribution in [0.1, 0.15) is 52.9 Å². The molecule has 1 aliphatic rings. The third-order valence-electron chi connectivity index (χ3n) is 3.34. The molecule has 1 rings (SSSR count). The van der Waals surface area contributed by atoms with Gasteiger partial charge < -0.3 is 0 Å². The van der Waals surface area contributed by atoms with Crippen LogP contribution in [0.4, 0.5) is 0 Å². The number of halogens is 1. The first-order valence-electron chi connectivity index (χ1n) is 5.22. The van der Waals surface area contributed by atoms with Gasteiger partial charge in [-0.05, 0) is 30.6 Å². The van der Waals surface area contributed by atoms with Gasteiger partial charge in [0.2, 0.25) is 0 Å². The van der Waals surface area contributed by atoms with E-state index in [-0.39, 0.29) is 0 Å². The van der Waals surface area contributed by atoms with E-state index in [4.69, 9.17) is 11.6 Å². The lowest BCUT2D eigenvalue weighted by Gasteiger charge is -2.30. The normalized spacial score (nSPS) is 30.5. The van der Waals surface area contributed by atoms with E-state index in [0.29, 0.717) is 10.8 Å². The van der Waals surface area contributed by atoms with Crippen molar-refractivity contribution in [2.75, 3.05) is 0 Å². The number of alkyl halides is 1. The van der Waals surface area contributed by atoms with Gasteiger partial charge in [0.1, 0.15) is 0 Å². The lowest BCUT2D eigenvalue weighted by molar-refractivity contribution is 0.245. The van der Waals surface area contributed by atoms with Crippen LogP contribution in [0.2, 0.25) is 0 Å². The molecule has 2 unspecified atom stereocenters. The van der Waals surface area contributed by atoms with E-state index in [9.17, 15) is 0 Å². The van der Waals surface area contributed by atoms with E-state index in [1.807, 2.05) is 0 Å². The Labute approximate surface area is 81.7 Å². The minimum absolute atomic E-state index is 0.424. The Morgan fingerprint density at radius 3 is 2.58 bits per heavy atom. The Morgan fingerprint density at radius 2 is 2.17 bits per heavy atom. The summed E-state index contributed by atoms with van der Waals surface area (Å²) in [4.78, 5) is 0. The molecule has 1 saturated carbocycles. The predicted molar refractivity (Wildman–Crippen MR) is 55.7 cm³/mol. The van der Waals surface area contributed by atoms with E-state index in [0.717, 1.165) is 5.92 Å². The van der Waals surface area contributed by atoms with Crippen LogP contribution < -0.4 is 0 Å². The molecule has 0 aromatic rings. The Morgan fingerprint density at radius 1 is 1.50 bits per heavy atom. The van der Waals surface area contributed by atoms with Gasteiger partial charge in [-0.25, -0.2) is 0 Å². The van der Waals surface area contributed by atoms with Crippen LogP contribution in [0.25, 0.3) is 0 Å². The van der Waals surface area contributed by atoms with Crippen molar-refractivity contribution in [3.8, 4) is 0 Å². The van der Waals surface area contributed by atoms with Crippen LogP contribution in [-0.2, 0) is 0 Å². The first-order valence-corrected chi connectivity index (χ1v) is 5.65. The first-order chi connectivity index (χ1) is 5.58. The molecule has 0 N–H and O–H groups in total. The fourth-order valence-electron chi connectivity index (χ4n) is 2.50. The molecule has 0 aliphatic heterocycles. The van der Waals surface area contributed by atoms with Crippen molar-refractivity contribution in [3.05, 3.63) is 0 Å². The molecule has 1 aliphatic carbocycles. The van der Waals surface area contributed by atoms with Crippen LogP contribution in [0.5, 0.6) is 0 Å². The van der Waals surface area contributed by atoms with Gasteiger partial charge in [0, 0.05) is 5.38 Å². The predicted octanol–water partition coefficient (Wildman–Crippen LogP) is 4.22. The van der Waals surface area contributed by atoms with Crippen molar-refractivity contribution < 1.29 is 0 Å².